The number of nitrogens with one attached hydrogen (secondary N) is 2. The van der Waals surface area contributed by atoms with Gasteiger partial charge in [0.1, 0.15) is 18.2 Å². The summed E-state index contributed by atoms with van der Waals surface area (Å²) >= 11 is 9.10. The maximum Gasteiger partial charge on any atom is 0.394 e. The lowest BCUT2D eigenvalue weighted by Gasteiger charge is -2.14. The van der Waals surface area contributed by atoms with E-state index >= 15 is 0 Å². The standard InChI is InChI=1S/C26H22BrClN6O3.H2O4S/c27-13-22(35)31-18-10-6-16(7-11-18)25(36)32-19-2-1-3-20(12-19)37-14-21-23(24(29)34-26(30)33-21)15-4-8-17(28)9-5-15;1-5(2,3)4/h1-12H,13-14H2,(H,31,35)(H,32,36)(H4,29,30,33,34);(H2,1,2,3,4). The number of hydrogen-bond acceptors (Lipinski definition) is 9. The number of anilines is 4. The van der Waals surface area contributed by atoms with Crippen LogP contribution in [0, 0.1) is 0 Å². The van der Waals surface area contributed by atoms with Crippen molar-refractivity contribution < 1.29 is 31.8 Å². The third kappa shape index (κ3) is 10.3. The molecule has 3 aromatic carbocycles. The monoisotopic (exact) mass is 678 g/mol. The number of nitrogens with zero attached hydrogens (tertiary/aromatic N) is 2. The van der Waals surface area contributed by atoms with Gasteiger partial charge in [-0.3, -0.25) is 18.7 Å². The molecule has 2 amide bonds. The first-order valence-corrected chi connectivity index (χ1v) is 14.6. The molecule has 4 aromatic rings. The maximum atomic E-state index is 12.7. The number of rotatable bonds is 8. The van der Waals surface area contributed by atoms with E-state index in [1.165, 1.54) is 0 Å². The van der Waals surface area contributed by atoms with E-state index in [1.807, 2.05) is 12.1 Å². The van der Waals surface area contributed by atoms with E-state index in [9.17, 15) is 9.59 Å². The molecule has 0 atom stereocenters. The lowest BCUT2D eigenvalue weighted by atomic mass is 10.0. The van der Waals surface area contributed by atoms with Crippen molar-refractivity contribution in [3.63, 3.8) is 0 Å². The number of aromatic nitrogens is 2. The summed E-state index contributed by atoms with van der Waals surface area (Å²) in [6.45, 7) is 0.0634. The molecule has 4 rings (SSSR count). The van der Waals surface area contributed by atoms with E-state index in [4.69, 9.17) is 45.3 Å². The van der Waals surface area contributed by atoms with Crippen LogP contribution in [-0.4, -0.2) is 44.6 Å². The molecular weight excluding hydrogens is 656 g/mol. The van der Waals surface area contributed by atoms with Gasteiger partial charge in [0.15, 0.2) is 0 Å². The molecule has 0 aliphatic carbocycles. The number of hydrogen-bond donors (Lipinski definition) is 6. The molecule has 8 N–H and O–H groups in total. The molecule has 0 fully saturated rings. The van der Waals surface area contributed by atoms with E-state index in [1.54, 1.807) is 60.7 Å². The molecule has 0 saturated heterocycles. The van der Waals surface area contributed by atoms with E-state index in [0.717, 1.165) is 5.56 Å². The number of nitrogens with two attached hydrogens (primary N) is 2. The normalized spacial score (nSPS) is 10.7. The number of benzene rings is 3. The van der Waals surface area contributed by atoms with Gasteiger partial charge in [-0.05, 0) is 54.1 Å². The van der Waals surface area contributed by atoms with Gasteiger partial charge < -0.3 is 26.8 Å². The van der Waals surface area contributed by atoms with Gasteiger partial charge in [0.05, 0.1) is 11.0 Å². The molecule has 0 aliphatic rings. The number of carbonyl (C=O) groups is 2. The predicted octanol–water partition coefficient (Wildman–Crippen LogP) is 4.47. The van der Waals surface area contributed by atoms with Crippen LogP contribution in [0.4, 0.5) is 23.1 Å². The number of alkyl halides is 1. The first-order valence-electron chi connectivity index (χ1n) is 11.7. The van der Waals surface area contributed by atoms with E-state index in [0.29, 0.717) is 39.0 Å². The van der Waals surface area contributed by atoms with Gasteiger partial charge >= 0.3 is 10.4 Å². The summed E-state index contributed by atoms with van der Waals surface area (Å²) in [7, 11) is -4.67. The quantitative estimate of drug-likeness (QED) is 0.113. The Kier molecular flexibility index (Phi) is 11.2. The summed E-state index contributed by atoms with van der Waals surface area (Å²) in [6, 6.07) is 20.6. The average molecular weight is 680 g/mol. The molecule has 42 heavy (non-hydrogen) atoms. The predicted molar refractivity (Wildman–Crippen MR) is 163 cm³/mol. The summed E-state index contributed by atoms with van der Waals surface area (Å²) in [6.07, 6.45) is 0. The number of amides is 2. The van der Waals surface area contributed by atoms with Crippen molar-refractivity contribution in [1.29, 1.82) is 0 Å². The second-order valence-electron chi connectivity index (χ2n) is 8.27. The fourth-order valence-corrected chi connectivity index (χ4v) is 3.77. The van der Waals surface area contributed by atoms with Crippen LogP contribution in [0.25, 0.3) is 11.1 Å². The SMILES string of the molecule is Nc1nc(N)c(-c2ccc(Cl)cc2)c(COc2cccc(NC(=O)c3ccc(NC(=O)CBr)cc3)c2)n1.O=S(=O)(O)O. The number of halogens is 2. The Hall–Kier alpha value is -4.28. The van der Waals surface area contributed by atoms with Crippen LogP contribution < -0.4 is 26.8 Å². The Morgan fingerprint density at radius 3 is 2.19 bits per heavy atom. The molecule has 0 spiro atoms. The summed E-state index contributed by atoms with van der Waals surface area (Å²) in [5.41, 5.74) is 15.4. The Labute approximate surface area is 254 Å². The number of ether oxygens (including phenoxy) is 1. The highest BCUT2D eigenvalue weighted by Gasteiger charge is 2.15. The lowest BCUT2D eigenvalue weighted by Crippen LogP contribution is -2.14. The summed E-state index contributed by atoms with van der Waals surface area (Å²) in [5.74, 6) is 0.279. The molecule has 0 aliphatic heterocycles. The summed E-state index contributed by atoms with van der Waals surface area (Å²) in [4.78, 5) is 32.6. The van der Waals surface area contributed by atoms with Crippen molar-refractivity contribution in [3.8, 4) is 16.9 Å². The minimum atomic E-state index is -4.67. The molecular formula is C26H24BrClN6O7S. The molecule has 0 saturated carbocycles. The van der Waals surface area contributed by atoms with Crippen molar-refractivity contribution in [2.45, 2.75) is 6.61 Å². The highest BCUT2D eigenvalue weighted by molar-refractivity contribution is 9.09. The first-order chi connectivity index (χ1) is 19.8. The van der Waals surface area contributed by atoms with Crippen LogP contribution in [0.1, 0.15) is 16.1 Å². The van der Waals surface area contributed by atoms with Gasteiger partial charge in [0, 0.05) is 33.6 Å². The zero-order chi connectivity index (χ0) is 30.9. The van der Waals surface area contributed by atoms with E-state index < -0.39 is 10.4 Å². The second-order valence-corrected chi connectivity index (χ2v) is 10.2. The van der Waals surface area contributed by atoms with Gasteiger partial charge in [-0.2, -0.15) is 13.4 Å². The summed E-state index contributed by atoms with van der Waals surface area (Å²) in [5, 5.41) is 6.32. The molecule has 1 aromatic heterocycles. The molecule has 0 radical (unpaired) electrons. The topological polar surface area (TPSA) is 220 Å². The van der Waals surface area contributed by atoms with Crippen molar-refractivity contribution in [2.24, 2.45) is 0 Å². The van der Waals surface area contributed by atoms with Gasteiger partial charge in [-0.1, -0.05) is 45.7 Å². The first kappa shape index (κ1) is 32.2. The highest BCUT2D eigenvalue weighted by atomic mass is 79.9. The van der Waals surface area contributed by atoms with Crippen LogP contribution in [0.2, 0.25) is 5.02 Å². The largest absolute Gasteiger partial charge is 0.487 e. The Bertz CT molecular complexity index is 1670. The van der Waals surface area contributed by atoms with Gasteiger partial charge in [0.25, 0.3) is 5.91 Å². The molecule has 220 valence electrons. The van der Waals surface area contributed by atoms with Crippen molar-refractivity contribution >= 4 is 72.9 Å². The molecule has 13 nitrogen and oxygen atoms in total. The lowest BCUT2D eigenvalue weighted by molar-refractivity contribution is -0.113. The Balaban J connectivity index is 0.000000892. The van der Waals surface area contributed by atoms with Crippen LogP contribution >= 0.6 is 27.5 Å². The highest BCUT2D eigenvalue weighted by Crippen LogP contribution is 2.30. The fraction of sp³-hybridized carbons (Fsp3) is 0.0769. The molecule has 0 unspecified atom stereocenters. The zero-order valence-electron chi connectivity index (χ0n) is 21.5. The molecule has 1 heterocycles. The van der Waals surface area contributed by atoms with Gasteiger partial charge in [-0.15, -0.1) is 0 Å². The Morgan fingerprint density at radius 2 is 1.57 bits per heavy atom. The molecule has 0 bridgehead atoms. The third-order valence-corrected chi connectivity index (χ3v) is 5.94. The van der Waals surface area contributed by atoms with Crippen LogP contribution in [0.5, 0.6) is 5.75 Å². The van der Waals surface area contributed by atoms with Crippen LogP contribution in [0.15, 0.2) is 72.8 Å². The summed E-state index contributed by atoms with van der Waals surface area (Å²) < 4.78 is 37.5. The van der Waals surface area contributed by atoms with E-state index in [-0.39, 0.29) is 35.5 Å². The fourth-order valence-electron chi connectivity index (χ4n) is 3.50. The van der Waals surface area contributed by atoms with Gasteiger partial charge in [-0.25, -0.2) is 4.98 Å². The number of nitrogen functional groups attached to an aromatic ring is 2. The number of carbonyl (C=O) groups excluding carboxylic acids is 2. The van der Waals surface area contributed by atoms with Crippen molar-refractivity contribution in [1.82, 2.24) is 9.97 Å². The minimum Gasteiger partial charge on any atom is -0.487 e. The maximum absolute atomic E-state index is 12.7. The average Bonchev–Trinajstić information content (AvgIpc) is 2.92. The van der Waals surface area contributed by atoms with E-state index in [2.05, 4.69) is 36.5 Å². The smallest absolute Gasteiger partial charge is 0.394 e. The second kappa shape index (κ2) is 14.6. The Morgan fingerprint density at radius 1 is 0.929 bits per heavy atom. The minimum absolute atomic E-state index is 0.0348. The van der Waals surface area contributed by atoms with Crippen LogP contribution in [-0.2, 0) is 21.8 Å². The third-order valence-electron chi connectivity index (χ3n) is 5.18. The van der Waals surface area contributed by atoms with Crippen LogP contribution in [0.3, 0.4) is 0 Å². The van der Waals surface area contributed by atoms with Gasteiger partial charge in [0.2, 0.25) is 11.9 Å². The zero-order valence-corrected chi connectivity index (χ0v) is 24.6. The molecule has 16 heteroatoms. The van der Waals surface area contributed by atoms with Crippen molar-refractivity contribution in [2.75, 3.05) is 27.4 Å². The van der Waals surface area contributed by atoms with Crippen molar-refractivity contribution in [3.05, 3.63) is 89.1 Å².